The molecule has 0 atom stereocenters. The minimum atomic E-state index is 0.395. The summed E-state index contributed by atoms with van der Waals surface area (Å²) in [7, 11) is 1.61. The summed E-state index contributed by atoms with van der Waals surface area (Å²) in [4.78, 5) is 6.65. The standard InChI is InChI=1S/C12H18N6O2/c1-19-8-9-7-10(17-20-9)11-14-12(16-15-11)18-5-2-3-13-4-6-18/h7,13H,2-6,8H2,1H3,(H,14,15,16). The van der Waals surface area contributed by atoms with E-state index < -0.39 is 0 Å². The van der Waals surface area contributed by atoms with E-state index in [1.165, 1.54) is 0 Å². The second kappa shape index (κ2) is 6.02. The summed E-state index contributed by atoms with van der Waals surface area (Å²) in [6.45, 7) is 4.25. The van der Waals surface area contributed by atoms with Gasteiger partial charge >= 0.3 is 0 Å². The molecule has 0 aliphatic carbocycles. The van der Waals surface area contributed by atoms with Crippen LogP contribution in [0.1, 0.15) is 12.2 Å². The zero-order valence-corrected chi connectivity index (χ0v) is 11.4. The fourth-order valence-electron chi connectivity index (χ4n) is 2.19. The van der Waals surface area contributed by atoms with Crippen molar-refractivity contribution < 1.29 is 9.26 Å². The molecule has 2 aromatic rings. The van der Waals surface area contributed by atoms with Crippen molar-refractivity contribution in [3.63, 3.8) is 0 Å². The molecule has 8 nitrogen and oxygen atoms in total. The summed E-state index contributed by atoms with van der Waals surface area (Å²) >= 11 is 0. The Hall–Kier alpha value is -1.93. The van der Waals surface area contributed by atoms with Gasteiger partial charge in [-0.2, -0.15) is 4.98 Å². The number of hydrogen-bond acceptors (Lipinski definition) is 7. The highest BCUT2D eigenvalue weighted by molar-refractivity contribution is 5.50. The van der Waals surface area contributed by atoms with E-state index in [4.69, 9.17) is 9.26 Å². The first-order valence-corrected chi connectivity index (χ1v) is 6.70. The lowest BCUT2D eigenvalue weighted by Gasteiger charge is -2.16. The van der Waals surface area contributed by atoms with Crippen LogP contribution in [0.5, 0.6) is 0 Å². The Morgan fingerprint density at radius 1 is 1.40 bits per heavy atom. The summed E-state index contributed by atoms with van der Waals surface area (Å²) in [6, 6.07) is 1.80. The lowest BCUT2D eigenvalue weighted by atomic mass is 10.3. The predicted molar refractivity (Wildman–Crippen MR) is 72.3 cm³/mol. The van der Waals surface area contributed by atoms with E-state index in [9.17, 15) is 0 Å². The van der Waals surface area contributed by atoms with Crippen molar-refractivity contribution in [2.45, 2.75) is 13.0 Å². The molecule has 0 saturated carbocycles. The number of rotatable bonds is 4. The number of hydrogen-bond donors (Lipinski definition) is 2. The lowest BCUT2D eigenvalue weighted by Crippen LogP contribution is -2.28. The van der Waals surface area contributed by atoms with Gasteiger partial charge in [0.15, 0.2) is 17.3 Å². The molecule has 0 bridgehead atoms. The Morgan fingerprint density at radius 2 is 2.35 bits per heavy atom. The number of nitrogens with zero attached hydrogens (tertiary/aromatic N) is 4. The van der Waals surface area contributed by atoms with Crippen molar-refractivity contribution in [1.82, 2.24) is 25.7 Å². The molecule has 2 aromatic heterocycles. The first kappa shape index (κ1) is 13.1. The van der Waals surface area contributed by atoms with Gasteiger partial charge in [-0.25, -0.2) is 0 Å². The summed E-state index contributed by atoms with van der Waals surface area (Å²) in [5.74, 6) is 1.99. The number of aromatic amines is 1. The topological polar surface area (TPSA) is 92.1 Å². The van der Waals surface area contributed by atoms with Gasteiger partial charge in [0.25, 0.3) is 0 Å². The number of H-pyrrole nitrogens is 1. The number of aromatic nitrogens is 4. The third kappa shape index (κ3) is 2.81. The molecule has 108 valence electrons. The maximum Gasteiger partial charge on any atom is 0.245 e. The van der Waals surface area contributed by atoms with E-state index >= 15 is 0 Å². The van der Waals surface area contributed by atoms with E-state index in [2.05, 4.69) is 30.6 Å². The van der Waals surface area contributed by atoms with Crippen molar-refractivity contribution in [1.29, 1.82) is 0 Å². The molecule has 8 heteroatoms. The van der Waals surface area contributed by atoms with Gasteiger partial charge in [0.05, 0.1) is 0 Å². The fraction of sp³-hybridized carbons (Fsp3) is 0.583. The lowest BCUT2D eigenvalue weighted by molar-refractivity contribution is 0.156. The minimum absolute atomic E-state index is 0.395. The van der Waals surface area contributed by atoms with E-state index in [0.29, 0.717) is 29.8 Å². The molecule has 1 fully saturated rings. The van der Waals surface area contributed by atoms with E-state index in [1.54, 1.807) is 13.2 Å². The van der Waals surface area contributed by atoms with Crippen LogP contribution in [-0.4, -0.2) is 53.6 Å². The van der Waals surface area contributed by atoms with Gasteiger partial charge in [-0.1, -0.05) is 5.16 Å². The highest BCUT2D eigenvalue weighted by atomic mass is 16.5. The zero-order valence-electron chi connectivity index (χ0n) is 11.4. The van der Waals surface area contributed by atoms with Gasteiger partial charge in [-0.3, -0.25) is 5.10 Å². The normalized spacial score (nSPS) is 16.4. The molecule has 1 aliphatic rings. The molecule has 3 heterocycles. The van der Waals surface area contributed by atoms with Crippen LogP contribution >= 0.6 is 0 Å². The van der Waals surface area contributed by atoms with Crippen molar-refractivity contribution in [3.05, 3.63) is 11.8 Å². The maximum atomic E-state index is 5.15. The number of ether oxygens (including phenoxy) is 1. The molecule has 0 aromatic carbocycles. The Morgan fingerprint density at radius 3 is 3.25 bits per heavy atom. The Bertz CT molecular complexity index is 544. The van der Waals surface area contributed by atoms with Gasteiger partial charge in [0, 0.05) is 32.8 Å². The maximum absolute atomic E-state index is 5.15. The number of anilines is 1. The molecule has 1 saturated heterocycles. The van der Waals surface area contributed by atoms with E-state index in [0.717, 1.165) is 32.6 Å². The zero-order chi connectivity index (χ0) is 13.8. The molecular formula is C12H18N6O2. The van der Waals surface area contributed by atoms with E-state index in [1.807, 2.05) is 0 Å². The monoisotopic (exact) mass is 278 g/mol. The molecule has 0 amide bonds. The number of methoxy groups -OCH3 is 1. The van der Waals surface area contributed by atoms with Crippen LogP contribution in [0.2, 0.25) is 0 Å². The first-order chi connectivity index (χ1) is 9.86. The average Bonchev–Trinajstić information content (AvgIpc) is 3.03. The summed E-state index contributed by atoms with van der Waals surface area (Å²) in [6.07, 6.45) is 1.09. The molecule has 20 heavy (non-hydrogen) atoms. The van der Waals surface area contributed by atoms with Gasteiger partial charge in [0.2, 0.25) is 5.95 Å². The molecule has 3 rings (SSSR count). The minimum Gasteiger partial charge on any atom is -0.377 e. The van der Waals surface area contributed by atoms with Gasteiger partial charge in [0.1, 0.15) is 6.61 Å². The summed E-state index contributed by atoms with van der Waals surface area (Å²) in [5, 5.41) is 14.5. The van der Waals surface area contributed by atoms with Gasteiger partial charge < -0.3 is 19.5 Å². The van der Waals surface area contributed by atoms with Crippen molar-refractivity contribution in [2.24, 2.45) is 0 Å². The molecular weight excluding hydrogens is 260 g/mol. The third-order valence-electron chi connectivity index (χ3n) is 3.18. The molecule has 0 unspecified atom stereocenters. The smallest absolute Gasteiger partial charge is 0.245 e. The van der Waals surface area contributed by atoms with Crippen molar-refractivity contribution in [3.8, 4) is 11.5 Å². The third-order valence-corrected chi connectivity index (χ3v) is 3.18. The van der Waals surface area contributed by atoms with Gasteiger partial charge in [-0.05, 0) is 13.0 Å². The number of nitrogens with one attached hydrogen (secondary N) is 2. The summed E-state index contributed by atoms with van der Waals surface area (Å²) in [5.41, 5.74) is 0.642. The predicted octanol–water partition coefficient (Wildman–Crippen LogP) is 0.406. The van der Waals surface area contributed by atoms with Crippen LogP contribution in [-0.2, 0) is 11.3 Å². The largest absolute Gasteiger partial charge is 0.377 e. The van der Waals surface area contributed by atoms with E-state index in [-0.39, 0.29) is 0 Å². The molecule has 1 aliphatic heterocycles. The molecule has 0 spiro atoms. The molecule has 0 radical (unpaired) electrons. The SMILES string of the molecule is COCc1cc(-c2nc(N3CCCNCC3)n[nH]2)no1. The Labute approximate surface area is 116 Å². The van der Waals surface area contributed by atoms with Crippen LogP contribution < -0.4 is 10.2 Å². The second-order valence-electron chi connectivity index (χ2n) is 4.69. The van der Waals surface area contributed by atoms with Crippen molar-refractivity contribution >= 4 is 5.95 Å². The second-order valence-corrected chi connectivity index (χ2v) is 4.69. The van der Waals surface area contributed by atoms with Crippen LogP contribution in [0, 0.1) is 0 Å². The quantitative estimate of drug-likeness (QED) is 0.836. The highest BCUT2D eigenvalue weighted by Gasteiger charge is 2.16. The van der Waals surface area contributed by atoms with Crippen LogP contribution in [0.15, 0.2) is 10.6 Å². The van der Waals surface area contributed by atoms with Crippen LogP contribution in [0.3, 0.4) is 0 Å². The van der Waals surface area contributed by atoms with Crippen LogP contribution in [0.25, 0.3) is 11.5 Å². The van der Waals surface area contributed by atoms with Crippen LogP contribution in [0.4, 0.5) is 5.95 Å². The Kier molecular flexibility index (Phi) is 3.93. The van der Waals surface area contributed by atoms with Gasteiger partial charge in [-0.15, -0.1) is 5.10 Å². The Balaban J connectivity index is 1.74. The highest BCUT2D eigenvalue weighted by Crippen LogP contribution is 2.18. The van der Waals surface area contributed by atoms with Crippen molar-refractivity contribution in [2.75, 3.05) is 38.2 Å². The molecule has 2 N–H and O–H groups in total. The average molecular weight is 278 g/mol. The first-order valence-electron chi connectivity index (χ1n) is 6.70. The summed E-state index contributed by atoms with van der Waals surface area (Å²) < 4.78 is 10.1. The fourth-order valence-corrected chi connectivity index (χ4v) is 2.19.